The normalized spacial score (nSPS) is 12.0. The minimum Gasteiger partial charge on any atom is -0.350 e. The molecule has 2 aromatic rings. The van der Waals surface area contributed by atoms with Crippen molar-refractivity contribution in [1.82, 2.24) is 15.5 Å². The predicted octanol–water partition coefficient (Wildman–Crippen LogP) is 3.47. The van der Waals surface area contributed by atoms with E-state index < -0.39 is 11.6 Å². The highest BCUT2D eigenvalue weighted by atomic mass is 127. The van der Waals surface area contributed by atoms with Gasteiger partial charge in [0.2, 0.25) is 5.91 Å². The van der Waals surface area contributed by atoms with Crippen LogP contribution in [0, 0.1) is 11.6 Å². The summed E-state index contributed by atoms with van der Waals surface area (Å²) in [5, 5.41) is 6.12. The number of rotatable bonds is 6. The second kappa shape index (κ2) is 11.6. The van der Waals surface area contributed by atoms with Crippen molar-refractivity contribution in [2.24, 2.45) is 4.99 Å². The number of likely N-dealkylation sites (N-methyl/N-ethyl adjacent to an activating group) is 1. The van der Waals surface area contributed by atoms with Crippen LogP contribution in [0.4, 0.5) is 8.78 Å². The van der Waals surface area contributed by atoms with Crippen molar-refractivity contribution < 1.29 is 13.6 Å². The van der Waals surface area contributed by atoms with Gasteiger partial charge in [-0.05, 0) is 30.7 Å². The Morgan fingerprint density at radius 2 is 1.82 bits per heavy atom. The number of carbonyl (C=O) groups is 1. The van der Waals surface area contributed by atoms with E-state index in [4.69, 9.17) is 0 Å². The molecule has 2 aromatic carbocycles. The Hall–Kier alpha value is -2.23. The lowest BCUT2D eigenvalue weighted by molar-refractivity contribution is -0.127. The lowest BCUT2D eigenvalue weighted by Gasteiger charge is -2.19. The molecule has 0 radical (unpaired) electrons. The van der Waals surface area contributed by atoms with E-state index in [9.17, 15) is 13.6 Å². The molecule has 0 fully saturated rings. The Bertz CT molecular complexity index is 800. The monoisotopic (exact) mass is 502 g/mol. The molecule has 1 amide bonds. The van der Waals surface area contributed by atoms with Gasteiger partial charge >= 0.3 is 0 Å². The van der Waals surface area contributed by atoms with Gasteiger partial charge in [-0.15, -0.1) is 24.0 Å². The molecule has 0 aliphatic carbocycles. The highest BCUT2D eigenvalue weighted by molar-refractivity contribution is 14.0. The van der Waals surface area contributed by atoms with E-state index in [2.05, 4.69) is 15.6 Å². The topological polar surface area (TPSA) is 56.7 Å². The van der Waals surface area contributed by atoms with Gasteiger partial charge in [-0.2, -0.15) is 0 Å². The van der Waals surface area contributed by atoms with Gasteiger partial charge in [-0.3, -0.25) is 4.79 Å². The number of amides is 1. The number of halogens is 3. The largest absolute Gasteiger partial charge is 0.350 e. The SMILES string of the molecule is CC(NC(=NCc1cc(F)ccc1F)NCC(=O)N(C)C)c1ccccc1.I. The zero-order valence-electron chi connectivity index (χ0n) is 16.1. The van der Waals surface area contributed by atoms with E-state index in [1.807, 2.05) is 37.3 Å². The van der Waals surface area contributed by atoms with Crippen molar-refractivity contribution in [2.75, 3.05) is 20.6 Å². The first-order valence-corrected chi connectivity index (χ1v) is 8.60. The van der Waals surface area contributed by atoms with Crippen LogP contribution in [0.15, 0.2) is 53.5 Å². The summed E-state index contributed by atoms with van der Waals surface area (Å²) in [6, 6.07) is 12.9. The third kappa shape index (κ3) is 7.41. The maximum Gasteiger partial charge on any atom is 0.241 e. The average Bonchev–Trinajstić information content (AvgIpc) is 2.66. The molecule has 0 spiro atoms. The van der Waals surface area contributed by atoms with E-state index in [1.165, 1.54) is 4.90 Å². The van der Waals surface area contributed by atoms with Crippen LogP contribution in [0.3, 0.4) is 0 Å². The van der Waals surface area contributed by atoms with E-state index in [-0.39, 0.29) is 54.6 Å². The van der Waals surface area contributed by atoms with Crippen LogP contribution in [0.1, 0.15) is 24.1 Å². The number of hydrogen-bond donors (Lipinski definition) is 2. The third-order valence-electron chi connectivity index (χ3n) is 3.97. The van der Waals surface area contributed by atoms with Crippen LogP contribution in [0.5, 0.6) is 0 Å². The van der Waals surface area contributed by atoms with Crippen LogP contribution < -0.4 is 10.6 Å². The molecule has 0 saturated carbocycles. The van der Waals surface area contributed by atoms with E-state index in [0.717, 1.165) is 23.8 Å². The molecule has 0 aliphatic heterocycles. The second-order valence-electron chi connectivity index (χ2n) is 6.32. The molecule has 152 valence electrons. The fourth-order valence-corrected chi connectivity index (χ4v) is 2.33. The lowest BCUT2D eigenvalue weighted by Crippen LogP contribution is -2.43. The molecule has 5 nitrogen and oxygen atoms in total. The Morgan fingerprint density at radius 3 is 2.46 bits per heavy atom. The fraction of sp³-hybridized carbons (Fsp3) is 0.300. The summed E-state index contributed by atoms with van der Waals surface area (Å²) >= 11 is 0. The number of aliphatic imine (C=N–C) groups is 1. The van der Waals surface area contributed by atoms with Crippen molar-refractivity contribution in [1.29, 1.82) is 0 Å². The number of nitrogens with one attached hydrogen (secondary N) is 2. The summed E-state index contributed by atoms with van der Waals surface area (Å²) in [6.07, 6.45) is 0. The molecule has 1 atom stereocenters. The smallest absolute Gasteiger partial charge is 0.241 e. The summed E-state index contributed by atoms with van der Waals surface area (Å²) in [6.45, 7) is 1.92. The number of benzene rings is 2. The predicted molar refractivity (Wildman–Crippen MR) is 118 cm³/mol. The Kier molecular flexibility index (Phi) is 9.84. The first-order valence-electron chi connectivity index (χ1n) is 8.60. The zero-order chi connectivity index (χ0) is 19.8. The Morgan fingerprint density at radius 1 is 1.14 bits per heavy atom. The molecule has 0 aromatic heterocycles. The standard InChI is InChI=1S/C20H24F2N4O.HI/c1-14(15-7-5-4-6-8-15)25-20(24-13-19(27)26(2)3)23-12-16-11-17(21)9-10-18(16)22;/h4-11,14H,12-13H2,1-3H3,(H2,23,24,25);1H. The molecule has 0 aliphatic rings. The molecule has 8 heteroatoms. The van der Waals surface area contributed by atoms with Crippen LogP contribution in [0.2, 0.25) is 0 Å². The van der Waals surface area contributed by atoms with Gasteiger partial charge < -0.3 is 15.5 Å². The molecular weight excluding hydrogens is 477 g/mol. The summed E-state index contributed by atoms with van der Waals surface area (Å²) in [5.74, 6) is -0.844. The van der Waals surface area contributed by atoms with Gasteiger partial charge in [0.15, 0.2) is 5.96 Å². The first-order chi connectivity index (χ1) is 12.9. The van der Waals surface area contributed by atoms with Crippen LogP contribution in [-0.2, 0) is 11.3 Å². The van der Waals surface area contributed by atoms with Crippen molar-refractivity contribution in [3.8, 4) is 0 Å². The van der Waals surface area contributed by atoms with E-state index in [0.29, 0.717) is 5.96 Å². The molecule has 1 unspecified atom stereocenters. The first kappa shape index (κ1) is 23.8. The van der Waals surface area contributed by atoms with Crippen LogP contribution in [-0.4, -0.2) is 37.4 Å². The number of nitrogens with zero attached hydrogens (tertiary/aromatic N) is 2. The maximum absolute atomic E-state index is 13.8. The quantitative estimate of drug-likeness (QED) is 0.362. The van der Waals surface area contributed by atoms with E-state index in [1.54, 1.807) is 14.1 Å². The number of guanidine groups is 1. The molecule has 0 heterocycles. The van der Waals surface area contributed by atoms with Gasteiger partial charge in [-0.25, -0.2) is 13.8 Å². The molecular formula is C20H25F2IN4O. The summed E-state index contributed by atoms with van der Waals surface area (Å²) in [5.41, 5.74) is 1.17. The summed E-state index contributed by atoms with van der Waals surface area (Å²) in [4.78, 5) is 17.6. The molecule has 0 bridgehead atoms. The fourth-order valence-electron chi connectivity index (χ4n) is 2.33. The van der Waals surface area contributed by atoms with Gasteiger partial charge in [-0.1, -0.05) is 30.3 Å². The van der Waals surface area contributed by atoms with Crippen molar-refractivity contribution in [3.63, 3.8) is 0 Å². The Balaban J connectivity index is 0.00000392. The van der Waals surface area contributed by atoms with Gasteiger partial charge in [0.25, 0.3) is 0 Å². The molecule has 2 N–H and O–H groups in total. The highest BCUT2D eigenvalue weighted by Gasteiger charge is 2.11. The van der Waals surface area contributed by atoms with Gasteiger partial charge in [0, 0.05) is 19.7 Å². The van der Waals surface area contributed by atoms with Crippen molar-refractivity contribution >= 4 is 35.8 Å². The van der Waals surface area contributed by atoms with E-state index >= 15 is 0 Å². The summed E-state index contributed by atoms with van der Waals surface area (Å²) in [7, 11) is 3.31. The van der Waals surface area contributed by atoms with Crippen LogP contribution >= 0.6 is 24.0 Å². The average molecular weight is 502 g/mol. The molecule has 28 heavy (non-hydrogen) atoms. The third-order valence-corrected chi connectivity index (χ3v) is 3.97. The second-order valence-corrected chi connectivity index (χ2v) is 6.32. The van der Waals surface area contributed by atoms with Gasteiger partial charge in [0.05, 0.1) is 19.1 Å². The minimum absolute atomic E-state index is 0. The van der Waals surface area contributed by atoms with Crippen molar-refractivity contribution in [3.05, 3.63) is 71.3 Å². The maximum atomic E-state index is 13.8. The van der Waals surface area contributed by atoms with Crippen molar-refractivity contribution in [2.45, 2.75) is 19.5 Å². The number of hydrogen-bond acceptors (Lipinski definition) is 2. The molecule has 2 rings (SSSR count). The molecule has 0 saturated heterocycles. The zero-order valence-corrected chi connectivity index (χ0v) is 18.4. The van der Waals surface area contributed by atoms with Gasteiger partial charge in [0.1, 0.15) is 11.6 Å². The highest BCUT2D eigenvalue weighted by Crippen LogP contribution is 2.12. The number of carbonyl (C=O) groups excluding carboxylic acids is 1. The lowest BCUT2D eigenvalue weighted by atomic mass is 10.1. The Labute approximate surface area is 181 Å². The van der Waals surface area contributed by atoms with Crippen LogP contribution in [0.25, 0.3) is 0 Å². The minimum atomic E-state index is -0.528. The summed E-state index contributed by atoms with van der Waals surface area (Å²) < 4.78 is 27.2.